The molecule has 35 heavy (non-hydrogen) atoms. The molecule has 0 aromatic heterocycles. The van der Waals surface area contributed by atoms with Crippen LogP contribution in [-0.4, -0.2) is 27.7 Å². The molecular formula is C23H19ClF4N2O4S. The summed E-state index contributed by atoms with van der Waals surface area (Å²) in [4.78, 5) is 12.8. The minimum absolute atomic E-state index is 0.0450. The van der Waals surface area contributed by atoms with Crippen molar-refractivity contribution in [1.82, 2.24) is 0 Å². The van der Waals surface area contributed by atoms with Gasteiger partial charge in [0.2, 0.25) is 10.0 Å². The molecule has 0 aliphatic carbocycles. The summed E-state index contributed by atoms with van der Waals surface area (Å²) < 4.78 is 84.6. The van der Waals surface area contributed by atoms with Crippen LogP contribution < -0.4 is 14.4 Å². The third kappa shape index (κ3) is 6.43. The van der Waals surface area contributed by atoms with Gasteiger partial charge in [0.05, 0.1) is 36.8 Å². The van der Waals surface area contributed by atoms with Crippen molar-refractivity contribution in [2.24, 2.45) is 0 Å². The fourth-order valence-corrected chi connectivity index (χ4v) is 4.31. The van der Waals surface area contributed by atoms with Crippen molar-refractivity contribution < 1.29 is 35.5 Å². The number of alkyl halides is 3. The van der Waals surface area contributed by atoms with Crippen molar-refractivity contribution >= 4 is 38.9 Å². The summed E-state index contributed by atoms with van der Waals surface area (Å²) in [5.41, 5.74) is -1.24. The second-order valence-corrected chi connectivity index (χ2v) is 9.76. The summed E-state index contributed by atoms with van der Waals surface area (Å²) in [6.45, 7) is -0.288. The van der Waals surface area contributed by atoms with E-state index in [0.29, 0.717) is 6.07 Å². The number of ether oxygens (including phenoxy) is 1. The van der Waals surface area contributed by atoms with E-state index in [1.54, 1.807) is 0 Å². The number of anilines is 2. The van der Waals surface area contributed by atoms with Gasteiger partial charge in [-0.25, -0.2) is 12.8 Å². The molecule has 0 spiro atoms. The highest BCUT2D eigenvalue weighted by Crippen LogP contribution is 2.37. The monoisotopic (exact) mass is 530 g/mol. The van der Waals surface area contributed by atoms with Gasteiger partial charge in [-0.2, -0.15) is 13.2 Å². The summed E-state index contributed by atoms with van der Waals surface area (Å²) >= 11 is 5.67. The second-order valence-electron chi connectivity index (χ2n) is 7.41. The number of halogens is 5. The molecule has 3 aromatic rings. The molecule has 0 unspecified atom stereocenters. The smallest absolute Gasteiger partial charge is 0.418 e. The van der Waals surface area contributed by atoms with Crippen LogP contribution in [0.4, 0.5) is 28.9 Å². The van der Waals surface area contributed by atoms with Gasteiger partial charge < -0.3 is 10.1 Å². The van der Waals surface area contributed by atoms with E-state index in [9.17, 15) is 30.8 Å². The number of rotatable bonds is 7. The average Bonchev–Trinajstić information content (AvgIpc) is 2.77. The average molecular weight is 531 g/mol. The van der Waals surface area contributed by atoms with Crippen LogP contribution in [0.1, 0.15) is 21.5 Å². The Balaban J connectivity index is 1.97. The molecule has 1 N–H and O–H groups in total. The number of sulfonamides is 1. The van der Waals surface area contributed by atoms with E-state index in [0.717, 1.165) is 28.8 Å². The molecule has 0 aliphatic heterocycles. The van der Waals surface area contributed by atoms with Crippen LogP contribution in [0, 0.1) is 5.82 Å². The molecule has 0 aliphatic rings. The van der Waals surface area contributed by atoms with Crippen molar-refractivity contribution in [2.75, 3.05) is 23.0 Å². The second kappa shape index (κ2) is 10.1. The zero-order valence-electron chi connectivity index (χ0n) is 18.4. The quantitative estimate of drug-likeness (QED) is 0.396. The van der Waals surface area contributed by atoms with Crippen LogP contribution in [0.15, 0.2) is 60.7 Å². The molecule has 6 nitrogen and oxygen atoms in total. The first-order chi connectivity index (χ1) is 16.3. The highest BCUT2D eigenvalue weighted by Gasteiger charge is 2.34. The van der Waals surface area contributed by atoms with Gasteiger partial charge in [0, 0.05) is 16.1 Å². The first kappa shape index (κ1) is 26.3. The van der Waals surface area contributed by atoms with Crippen LogP contribution in [0.2, 0.25) is 5.02 Å². The summed E-state index contributed by atoms with van der Waals surface area (Å²) in [5.74, 6) is -1.19. The topological polar surface area (TPSA) is 75.7 Å². The number of carbonyl (C=O) groups is 1. The van der Waals surface area contributed by atoms with E-state index in [1.165, 1.54) is 43.5 Å². The van der Waals surface area contributed by atoms with Gasteiger partial charge in [0.15, 0.2) is 0 Å². The lowest BCUT2D eigenvalue weighted by atomic mass is 10.1. The molecule has 0 radical (unpaired) electrons. The van der Waals surface area contributed by atoms with Crippen molar-refractivity contribution in [3.05, 3.63) is 88.2 Å². The Morgan fingerprint density at radius 2 is 1.71 bits per heavy atom. The Hall–Kier alpha value is -3.31. The first-order valence-corrected chi connectivity index (χ1v) is 12.1. The number of carbonyl (C=O) groups excluding carboxylic acids is 1. The van der Waals surface area contributed by atoms with Crippen molar-refractivity contribution in [3.63, 3.8) is 0 Å². The SMILES string of the molecule is COc1ccc(C(=O)Nc2ccc(Cl)cc2C(F)(F)F)cc1CN(c1ccc(F)cc1)S(C)(=O)=O. The Bertz CT molecular complexity index is 1350. The molecule has 0 heterocycles. The van der Waals surface area contributed by atoms with Gasteiger partial charge >= 0.3 is 6.18 Å². The summed E-state index contributed by atoms with van der Waals surface area (Å²) in [5, 5.41) is 2.07. The van der Waals surface area contributed by atoms with Gasteiger partial charge in [0.1, 0.15) is 11.6 Å². The summed E-state index contributed by atoms with van der Waals surface area (Å²) in [6.07, 6.45) is -3.80. The molecule has 3 aromatic carbocycles. The number of hydrogen-bond donors (Lipinski definition) is 1. The van der Waals surface area contributed by atoms with Crippen LogP contribution in [0.3, 0.4) is 0 Å². The predicted octanol–water partition coefficient (Wildman–Crippen LogP) is 5.73. The zero-order valence-corrected chi connectivity index (χ0v) is 19.9. The Labute approximate surface area is 204 Å². The Kier molecular flexibility index (Phi) is 7.61. The van der Waals surface area contributed by atoms with Crippen LogP contribution >= 0.6 is 11.6 Å². The third-order valence-corrected chi connectivity index (χ3v) is 6.28. The fraction of sp³-hybridized carbons (Fsp3) is 0.174. The van der Waals surface area contributed by atoms with Gasteiger partial charge in [-0.1, -0.05) is 11.6 Å². The molecule has 3 rings (SSSR count). The zero-order chi connectivity index (χ0) is 26.0. The van der Waals surface area contributed by atoms with Crippen molar-refractivity contribution in [2.45, 2.75) is 12.7 Å². The van der Waals surface area contributed by atoms with Crippen molar-refractivity contribution in [1.29, 1.82) is 0 Å². The number of methoxy groups -OCH3 is 1. The molecule has 0 atom stereocenters. The molecule has 1 amide bonds. The molecule has 12 heteroatoms. The molecule has 186 valence electrons. The van der Waals surface area contributed by atoms with E-state index in [4.69, 9.17) is 16.3 Å². The highest BCUT2D eigenvalue weighted by molar-refractivity contribution is 7.92. The number of benzene rings is 3. The van der Waals surface area contributed by atoms with E-state index >= 15 is 0 Å². The van der Waals surface area contributed by atoms with E-state index in [-0.39, 0.29) is 34.1 Å². The lowest BCUT2D eigenvalue weighted by molar-refractivity contribution is -0.136. The summed E-state index contributed by atoms with van der Waals surface area (Å²) in [7, 11) is -2.51. The fourth-order valence-electron chi connectivity index (χ4n) is 3.26. The maximum atomic E-state index is 13.4. The minimum Gasteiger partial charge on any atom is -0.496 e. The normalized spacial score (nSPS) is 11.7. The van der Waals surface area contributed by atoms with Crippen molar-refractivity contribution in [3.8, 4) is 5.75 Å². The van der Waals surface area contributed by atoms with Crippen LogP contribution in [-0.2, 0) is 22.7 Å². The molecular weight excluding hydrogens is 512 g/mol. The number of nitrogens with zero attached hydrogens (tertiary/aromatic N) is 1. The number of nitrogens with one attached hydrogen (secondary N) is 1. The maximum Gasteiger partial charge on any atom is 0.418 e. The van der Waals surface area contributed by atoms with Gasteiger partial charge in [0.25, 0.3) is 5.91 Å². The van der Waals surface area contributed by atoms with E-state index in [1.807, 2.05) is 0 Å². The summed E-state index contributed by atoms with van der Waals surface area (Å²) in [6, 6.07) is 11.7. The maximum absolute atomic E-state index is 13.4. The molecule has 0 bridgehead atoms. The molecule has 0 fully saturated rings. The largest absolute Gasteiger partial charge is 0.496 e. The van der Waals surface area contributed by atoms with E-state index in [2.05, 4.69) is 5.32 Å². The molecule has 0 saturated heterocycles. The Morgan fingerprint density at radius 1 is 1.06 bits per heavy atom. The van der Waals surface area contributed by atoms with Gasteiger partial charge in [-0.05, 0) is 60.7 Å². The lowest BCUT2D eigenvalue weighted by Gasteiger charge is -2.24. The van der Waals surface area contributed by atoms with Crippen LogP contribution in [0.25, 0.3) is 0 Å². The number of hydrogen-bond acceptors (Lipinski definition) is 4. The van der Waals surface area contributed by atoms with Gasteiger partial charge in [-0.3, -0.25) is 9.10 Å². The lowest BCUT2D eigenvalue weighted by Crippen LogP contribution is -2.29. The van der Waals surface area contributed by atoms with Crippen LogP contribution in [0.5, 0.6) is 5.75 Å². The Morgan fingerprint density at radius 3 is 2.29 bits per heavy atom. The number of amides is 1. The predicted molar refractivity (Wildman–Crippen MR) is 125 cm³/mol. The highest BCUT2D eigenvalue weighted by atomic mass is 35.5. The minimum atomic E-state index is -4.76. The first-order valence-electron chi connectivity index (χ1n) is 9.88. The standard InChI is InChI=1S/C23H19ClF4N2O4S/c1-34-21-10-3-14(22(31)29-20-9-4-16(24)12-19(20)23(26,27)28)11-15(21)13-30(35(2,32)33)18-7-5-17(25)6-8-18/h3-12H,13H2,1-2H3,(H,29,31). The molecule has 0 saturated carbocycles. The van der Waals surface area contributed by atoms with Gasteiger partial charge in [-0.15, -0.1) is 0 Å². The van der Waals surface area contributed by atoms with E-state index < -0.39 is 39.2 Å². The third-order valence-electron chi connectivity index (χ3n) is 4.91.